The van der Waals surface area contributed by atoms with E-state index < -0.39 is 10.0 Å². The lowest BCUT2D eigenvalue weighted by molar-refractivity contribution is -0.126. The first-order valence-corrected chi connectivity index (χ1v) is 11.4. The highest BCUT2D eigenvalue weighted by atomic mass is 32.2. The molecule has 1 aliphatic rings. The van der Waals surface area contributed by atoms with Gasteiger partial charge in [0.1, 0.15) is 0 Å². The van der Waals surface area contributed by atoms with Crippen molar-refractivity contribution in [3.8, 4) is 0 Å². The molecule has 6 heteroatoms. The van der Waals surface area contributed by atoms with Gasteiger partial charge in [0.05, 0.1) is 5.75 Å². The average molecular weight is 381 g/mol. The summed E-state index contributed by atoms with van der Waals surface area (Å²) >= 11 is 0. The first kappa shape index (κ1) is 20.9. The van der Waals surface area contributed by atoms with E-state index in [0.717, 1.165) is 19.3 Å². The van der Waals surface area contributed by atoms with Crippen LogP contribution in [-0.2, 0) is 21.2 Å². The van der Waals surface area contributed by atoms with E-state index in [2.05, 4.69) is 12.2 Å². The van der Waals surface area contributed by atoms with Crippen LogP contribution in [0.2, 0.25) is 0 Å². The van der Waals surface area contributed by atoms with Crippen molar-refractivity contribution in [2.75, 3.05) is 18.8 Å². The summed E-state index contributed by atoms with van der Waals surface area (Å²) in [7, 11) is -3.23. The van der Waals surface area contributed by atoms with Crippen molar-refractivity contribution in [3.05, 3.63) is 35.9 Å². The van der Waals surface area contributed by atoms with E-state index in [1.54, 1.807) is 4.31 Å². The number of nitrogens with one attached hydrogen (secondary N) is 1. The first-order chi connectivity index (χ1) is 12.4. The van der Waals surface area contributed by atoms with Crippen molar-refractivity contribution in [2.24, 2.45) is 5.92 Å². The number of rotatable bonds is 9. The average Bonchev–Trinajstić information content (AvgIpc) is 2.63. The van der Waals surface area contributed by atoms with Gasteiger partial charge in [-0.25, -0.2) is 12.7 Å². The zero-order chi connectivity index (χ0) is 19.0. The third-order valence-corrected chi connectivity index (χ3v) is 7.00. The minimum atomic E-state index is -3.23. The summed E-state index contributed by atoms with van der Waals surface area (Å²) in [6.45, 7) is 5.03. The van der Waals surface area contributed by atoms with Gasteiger partial charge in [-0.3, -0.25) is 4.79 Å². The Bertz CT molecular complexity index is 653. The molecule has 1 atom stereocenters. The molecule has 0 spiro atoms. The molecule has 0 bridgehead atoms. The van der Waals surface area contributed by atoms with Crippen LogP contribution in [0.4, 0.5) is 0 Å². The molecule has 5 nitrogen and oxygen atoms in total. The third-order valence-electron chi connectivity index (χ3n) is 5.04. The number of piperidine rings is 1. The minimum Gasteiger partial charge on any atom is -0.353 e. The molecule has 1 amide bonds. The highest BCUT2D eigenvalue weighted by Gasteiger charge is 2.31. The molecule has 1 unspecified atom stereocenters. The monoisotopic (exact) mass is 380 g/mol. The molecule has 1 fully saturated rings. The van der Waals surface area contributed by atoms with E-state index >= 15 is 0 Å². The van der Waals surface area contributed by atoms with E-state index in [9.17, 15) is 13.2 Å². The fourth-order valence-corrected chi connectivity index (χ4v) is 5.03. The van der Waals surface area contributed by atoms with Gasteiger partial charge < -0.3 is 5.32 Å². The van der Waals surface area contributed by atoms with Crippen molar-refractivity contribution in [2.45, 2.75) is 58.4 Å². The summed E-state index contributed by atoms with van der Waals surface area (Å²) in [6.07, 6.45) is 4.64. The number of hydrogen-bond donors (Lipinski definition) is 1. The van der Waals surface area contributed by atoms with Crippen LogP contribution in [0.25, 0.3) is 0 Å². The molecule has 1 N–H and O–H groups in total. The maximum Gasteiger partial charge on any atom is 0.223 e. The Morgan fingerprint density at radius 3 is 2.50 bits per heavy atom. The van der Waals surface area contributed by atoms with Crippen molar-refractivity contribution in [1.29, 1.82) is 0 Å². The van der Waals surface area contributed by atoms with E-state index in [4.69, 9.17) is 0 Å². The quantitative estimate of drug-likeness (QED) is 0.716. The van der Waals surface area contributed by atoms with Gasteiger partial charge in [-0.15, -0.1) is 0 Å². The molecule has 146 valence electrons. The zero-order valence-electron chi connectivity index (χ0n) is 16.0. The Kier molecular flexibility index (Phi) is 8.10. The number of hydrogen-bond acceptors (Lipinski definition) is 3. The van der Waals surface area contributed by atoms with Gasteiger partial charge in [0.2, 0.25) is 15.9 Å². The second kappa shape index (κ2) is 10.1. The van der Waals surface area contributed by atoms with Crippen molar-refractivity contribution in [1.82, 2.24) is 9.62 Å². The van der Waals surface area contributed by atoms with Gasteiger partial charge in [0, 0.05) is 25.0 Å². The number of carbonyl (C=O) groups is 1. The lowest BCUT2D eigenvalue weighted by atomic mass is 9.96. The molecule has 0 radical (unpaired) electrons. The van der Waals surface area contributed by atoms with Gasteiger partial charge in [-0.2, -0.15) is 0 Å². The predicted octanol–water partition coefficient (Wildman–Crippen LogP) is 2.97. The summed E-state index contributed by atoms with van der Waals surface area (Å²) in [5.41, 5.74) is 1.17. The number of benzene rings is 1. The second-order valence-electron chi connectivity index (χ2n) is 7.28. The zero-order valence-corrected chi connectivity index (χ0v) is 16.8. The predicted molar refractivity (Wildman–Crippen MR) is 105 cm³/mol. The fraction of sp³-hybridized carbons (Fsp3) is 0.650. The lowest BCUT2D eigenvalue weighted by Crippen LogP contribution is -2.45. The van der Waals surface area contributed by atoms with Crippen LogP contribution < -0.4 is 5.32 Å². The van der Waals surface area contributed by atoms with Crippen molar-refractivity contribution < 1.29 is 13.2 Å². The number of aryl methyl sites for hydroxylation is 1. The molecule has 0 saturated carbocycles. The van der Waals surface area contributed by atoms with Gasteiger partial charge >= 0.3 is 0 Å². The second-order valence-corrected chi connectivity index (χ2v) is 9.37. The summed E-state index contributed by atoms with van der Waals surface area (Å²) in [5, 5.41) is 3.05. The van der Waals surface area contributed by atoms with Crippen LogP contribution in [0.1, 0.15) is 51.5 Å². The van der Waals surface area contributed by atoms with E-state index in [0.29, 0.717) is 32.4 Å². The van der Waals surface area contributed by atoms with Crippen LogP contribution in [0.3, 0.4) is 0 Å². The molecule has 26 heavy (non-hydrogen) atoms. The Morgan fingerprint density at radius 1 is 1.23 bits per heavy atom. The molecular formula is C20H32N2O3S. The summed E-state index contributed by atoms with van der Waals surface area (Å²) in [4.78, 5) is 12.3. The molecule has 1 saturated heterocycles. The maximum absolute atomic E-state index is 12.5. The maximum atomic E-state index is 12.5. The standard InChI is InChI=1S/C20H32N2O3S/c1-3-8-17(2)21-20(23)19-12-14-22(15-13-19)26(24,25)16-7-11-18-9-5-4-6-10-18/h4-6,9-10,17,19H,3,7-8,11-16H2,1-2H3,(H,21,23). The smallest absolute Gasteiger partial charge is 0.223 e. The highest BCUT2D eigenvalue weighted by Crippen LogP contribution is 2.21. The molecule has 1 aromatic rings. The largest absolute Gasteiger partial charge is 0.353 e. The van der Waals surface area contributed by atoms with Gasteiger partial charge in [-0.05, 0) is 44.6 Å². The van der Waals surface area contributed by atoms with Crippen LogP contribution in [-0.4, -0.2) is 43.5 Å². The van der Waals surface area contributed by atoms with Gasteiger partial charge in [0.25, 0.3) is 0 Å². The minimum absolute atomic E-state index is 0.0647. The molecule has 0 aromatic heterocycles. The Labute approximate surface area is 158 Å². The molecule has 0 aliphatic carbocycles. The molecule has 2 rings (SSSR count). The summed E-state index contributed by atoms with van der Waals surface area (Å²) in [5.74, 6) is 0.184. The highest BCUT2D eigenvalue weighted by molar-refractivity contribution is 7.89. The normalized spacial score (nSPS) is 17.8. The van der Waals surface area contributed by atoms with E-state index in [-0.39, 0.29) is 23.6 Å². The molecule has 1 aliphatic heterocycles. The number of amides is 1. The third kappa shape index (κ3) is 6.40. The van der Waals surface area contributed by atoms with Crippen LogP contribution in [0.5, 0.6) is 0 Å². The van der Waals surface area contributed by atoms with Gasteiger partial charge in [-0.1, -0.05) is 43.7 Å². The number of sulfonamides is 1. The topological polar surface area (TPSA) is 66.5 Å². The molecule has 1 aromatic carbocycles. The fourth-order valence-electron chi connectivity index (χ4n) is 3.49. The van der Waals surface area contributed by atoms with E-state index in [1.807, 2.05) is 37.3 Å². The lowest BCUT2D eigenvalue weighted by Gasteiger charge is -2.31. The Hall–Kier alpha value is -1.40. The van der Waals surface area contributed by atoms with Crippen molar-refractivity contribution in [3.63, 3.8) is 0 Å². The van der Waals surface area contributed by atoms with Crippen LogP contribution in [0.15, 0.2) is 30.3 Å². The Balaban J connectivity index is 1.76. The summed E-state index contributed by atoms with van der Waals surface area (Å²) < 4.78 is 26.6. The SMILES string of the molecule is CCCC(C)NC(=O)C1CCN(S(=O)(=O)CCCc2ccccc2)CC1. The molecule has 1 heterocycles. The van der Waals surface area contributed by atoms with Crippen LogP contribution >= 0.6 is 0 Å². The number of nitrogens with zero attached hydrogens (tertiary/aromatic N) is 1. The first-order valence-electron chi connectivity index (χ1n) is 9.74. The Morgan fingerprint density at radius 2 is 1.88 bits per heavy atom. The summed E-state index contributed by atoms with van der Waals surface area (Å²) in [6, 6.07) is 10.1. The van der Waals surface area contributed by atoms with Crippen molar-refractivity contribution >= 4 is 15.9 Å². The van der Waals surface area contributed by atoms with E-state index in [1.165, 1.54) is 5.56 Å². The van der Waals surface area contributed by atoms with Gasteiger partial charge in [0.15, 0.2) is 0 Å². The van der Waals surface area contributed by atoms with Crippen LogP contribution in [0, 0.1) is 5.92 Å². The number of carbonyl (C=O) groups excluding carboxylic acids is 1. The molecular weight excluding hydrogens is 348 g/mol.